The van der Waals surface area contributed by atoms with Gasteiger partial charge < -0.3 is 10.4 Å². The molecule has 0 unspecified atom stereocenters. The summed E-state index contributed by atoms with van der Waals surface area (Å²) in [6.07, 6.45) is 8.26. The molecule has 4 nitrogen and oxygen atoms in total. The molecule has 122 valence electrons. The van der Waals surface area contributed by atoms with Crippen LogP contribution in [0.15, 0.2) is 0 Å². The zero-order valence-electron chi connectivity index (χ0n) is 13.3. The van der Waals surface area contributed by atoms with Crippen LogP contribution in [0.2, 0.25) is 0 Å². The first-order chi connectivity index (χ1) is 10.5. The highest BCUT2D eigenvalue weighted by atomic mass is 16.4. The molecular formula is C18H27NO3. The highest BCUT2D eigenvalue weighted by molar-refractivity contribution is 5.86. The van der Waals surface area contributed by atoms with Gasteiger partial charge in [-0.25, -0.2) is 0 Å². The van der Waals surface area contributed by atoms with E-state index in [0.29, 0.717) is 11.8 Å². The van der Waals surface area contributed by atoms with E-state index in [1.54, 1.807) is 0 Å². The van der Waals surface area contributed by atoms with Crippen molar-refractivity contribution in [3.63, 3.8) is 0 Å². The van der Waals surface area contributed by atoms with Gasteiger partial charge in [0.15, 0.2) is 0 Å². The largest absolute Gasteiger partial charge is 0.481 e. The summed E-state index contributed by atoms with van der Waals surface area (Å²) in [7, 11) is 0. The van der Waals surface area contributed by atoms with Crippen molar-refractivity contribution in [1.29, 1.82) is 0 Å². The molecule has 4 fully saturated rings. The summed E-state index contributed by atoms with van der Waals surface area (Å²) in [5, 5.41) is 12.7. The van der Waals surface area contributed by atoms with Crippen LogP contribution >= 0.6 is 0 Å². The first kappa shape index (κ1) is 14.5. The molecule has 1 amide bonds. The predicted octanol–water partition coefficient (Wildman–Crippen LogP) is 2.67. The lowest BCUT2D eigenvalue weighted by Crippen LogP contribution is -2.47. The maximum absolute atomic E-state index is 12.7. The zero-order chi connectivity index (χ0) is 15.4. The molecule has 8 atom stereocenters. The fraction of sp³-hybridized carbons (Fsp3) is 0.889. The van der Waals surface area contributed by atoms with E-state index in [0.717, 1.165) is 31.1 Å². The Morgan fingerprint density at radius 1 is 0.955 bits per heavy atom. The van der Waals surface area contributed by atoms with Crippen molar-refractivity contribution in [3.05, 3.63) is 0 Å². The fourth-order valence-corrected chi connectivity index (χ4v) is 6.36. The Hall–Kier alpha value is -1.06. The lowest BCUT2D eigenvalue weighted by atomic mass is 9.78. The van der Waals surface area contributed by atoms with Crippen molar-refractivity contribution in [3.8, 4) is 0 Å². The quantitative estimate of drug-likeness (QED) is 0.839. The van der Waals surface area contributed by atoms with E-state index in [1.807, 2.05) is 0 Å². The van der Waals surface area contributed by atoms with Gasteiger partial charge in [0.05, 0.1) is 11.8 Å². The van der Waals surface area contributed by atoms with Crippen molar-refractivity contribution in [2.45, 2.75) is 57.9 Å². The molecule has 22 heavy (non-hydrogen) atoms. The molecule has 4 bridgehead atoms. The molecule has 4 aliphatic rings. The van der Waals surface area contributed by atoms with Crippen LogP contribution < -0.4 is 5.32 Å². The van der Waals surface area contributed by atoms with E-state index in [9.17, 15) is 14.7 Å². The van der Waals surface area contributed by atoms with E-state index in [4.69, 9.17) is 0 Å². The molecule has 0 saturated heterocycles. The minimum atomic E-state index is -0.764. The number of aliphatic carboxylic acids is 1. The molecule has 4 saturated carbocycles. The number of carboxylic acid groups (broad SMARTS) is 1. The first-order valence-corrected chi connectivity index (χ1v) is 9.07. The van der Waals surface area contributed by atoms with Crippen LogP contribution in [-0.2, 0) is 9.59 Å². The summed E-state index contributed by atoms with van der Waals surface area (Å²) in [4.78, 5) is 24.3. The standard InChI is InChI=1S/C18H27NO3/c1-9(14-7-10-2-3-11(14)6-10)19-17(20)15-12-4-5-13(8-12)16(15)18(21)22/h9-16H,2-8H2,1H3,(H,19,20)(H,21,22)/t9-,10+,11+,12+,13-,14+,15+,16-/m0/s1. The molecule has 0 radical (unpaired) electrons. The molecule has 0 aromatic carbocycles. The second-order valence-electron chi connectivity index (χ2n) is 8.36. The van der Waals surface area contributed by atoms with Gasteiger partial charge in [-0.3, -0.25) is 9.59 Å². The average Bonchev–Trinajstić information content (AvgIpc) is 3.24. The van der Waals surface area contributed by atoms with E-state index >= 15 is 0 Å². The van der Waals surface area contributed by atoms with Gasteiger partial charge in [-0.05, 0) is 75.0 Å². The Bertz CT molecular complexity index is 491. The van der Waals surface area contributed by atoms with Gasteiger partial charge in [0, 0.05) is 6.04 Å². The first-order valence-electron chi connectivity index (χ1n) is 9.07. The monoisotopic (exact) mass is 305 g/mol. The number of carbonyl (C=O) groups excluding carboxylic acids is 1. The van der Waals surface area contributed by atoms with Crippen molar-refractivity contribution < 1.29 is 14.7 Å². The number of rotatable bonds is 4. The van der Waals surface area contributed by atoms with Gasteiger partial charge in [0.25, 0.3) is 0 Å². The van der Waals surface area contributed by atoms with Crippen LogP contribution in [0.25, 0.3) is 0 Å². The summed E-state index contributed by atoms with van der Waals surface area (Å²) in [5.74, 6) is 1.36. The SMILES string of the molecule is C[C@H](NC(=O)[C@@H]1[C@@H]2CC[C@@H](C2)[C@@H]1C(=O)O)[C@H]1C[C@@H]2CC[C@@H]1C2. The third kappa shape index (κ3) is 2.17. The average molecular weight is 305 g/mol. The minimum absolute atomic E-state index is 0.0230. The molecule has 0 aromatic rings. The van der Waals surface area contributed by atoms with Crippen LogP contribution in [0.4, 0.5) is 0 Å². The van der Waals surface area contributed by atoms with Crippen LogP contribution in [-0.4, -0.2) is 23.0 Å². The lowest BCUT2D eigenvalue weighted by molar-refractivity contribution is -0.149. The van der Waals surface area contributed by atoms with E-state index in [2.05, 4.69) is 12.2 Å². The molecule has 0 aromatic heterocycles. The summed E-state index contributed by atoms with van der Waals surface area (Å²) in [6, 6.07) is 0.205. The van der Waals surface area contributed by atoms with Crippen LogP contribution in [0.3, 0.4) is 0 Å². The number of carboxylic acids is 1. The van der Waals surface area contributed by atoms with E-state index < -0.39 is 11.9 Å². The third-order valence-corrected chi connectivity index (χ3v) is 7.31. The lowest BCUT2D eigenvalue weighted by Gasteiger charge is -2.32. The molecule has 4 heteroatoms. The van der Waals surface area contributed by atoms with Gasteiger partial charge in [0.2, 0.25) is 5.91 Å². The molecule has 0 aliphatic heterocycles. The summed E-state index contributed by atoms with van der Waals surface area (Å²) < 4.78 is 0. The van der Waals surface area contributed by atoms with Crippen molar-refractivity contribution in [1.82, 2.24) is 5.32 Å². The number of amides is 1. The second-order valence-corrected chi connectivity index (χ2v) is 8.36. The molecule has 0 spiro atoms. The topological polar surface area (TPSA) is 66.4 Å². The third-order valence-electron chi connectivity index (χ3n) is 7.31. The van der Waals surface area contributed by atoms with Crippen molar-refractivity contribution >= 4 is 11.9 Å². The summed E-state index contributed by atoms with van der Waals surface area (Å²) in [5.41, 5.74) is 0. The fourth-order valence-electron chi connectivity index (χ4n) is 6.36. The van der Waals surface area contributed by atoms with Crippen LogP contribution in [0.5, 0.6) is 0 Å². The Labute approximate surface area is 132 Å². The van der Waals surface area contributed by atoms with E-state index in [-0.39, 0.29) is 23.8 Å². The minimum Gasteiger partial charge on any atom is -0.481 e. The smallest absolute Gasteiger partial charge is 0.307 e. The highest BCUT2D eigenvalue weighted by Gasteiger charge is 2.54. The van der Waals surface area contributed by atoms with Gasteiger partial charge in [-0.15, -0.1) is 0 Å². The molecule has 2 N–H and O–H groups in total. The number of hydrogen-bond donors (Lipinski definition) is 2. The number of hydrogen-bond acceptors (Lipinski definition) is 2. The number of carbonyl (C=O) groups is 2. The van der Waals surface area contributed by atoms with Crippen LogP contribution in [0.1, 0.15) is 51.9 Å². The number of fused-ring (bicyclic) bond motifs is 4. The Morgan fingerprint density at radius 2 is 1.64 bits per heavy atom. The van der Waals surface area contributed by atoms with Gasteiger partial charge in [-0.2, -0.15) is 0 Å². The second kappa shape index (κ2) is 5.24. The van der Waals surface area contributed by atoms with Gasteiger partial charge in [-0.1, -0.05) is 6.42 Å². The Kier molecular flexibility index (Phi) is 3.46. The van der Waals surface area contributed by atoms with Crippen molar-refractivity contribution in [2.75, 3.05) is 0 Å². The molecular weight excluding hydrogens is 278 g/mol. The van der Waals surface area contributed by atoms with Gasteiger partial charge >= 0.3 is 5.97 Å². The predicted molar refractivity (Wildman–Crippen MR) is 82.0 cm³/mol. The zero-order valence-corrected chi connectivity index (χ0v) is 13.3. The van der Waals surface area contributed by atoms with Crippen molar-refractivity contribution in [2.24, 2.45) is 41.4 Å². The maximum atomic E-state index is 12.7. The van der Waals surface area contributed by atoms with E-state index in [1.165, 1.54) is 25.7 Å². The molecule has 4 rings (SSSR count). The summed E-state index contributed by atoms with van der Waals surface area (Å²) >= 11 is 0. The Balaban J connectivity index is 1.42. The highest BCUT2D eigenvalue weighted by Crippen LogP contribution is 2.53. The van der Waals surface area contributed by atoms with Gasteiger partial charge in [0.1, 0.15) is 0 Å². The Morgan fingerprint density at radius 3 is 2.23 bits per heavy atom. The normalized spacial score (nSPS) is 46.9. The van der Waals surface area contributed by atoms with Crippen LogP contribution in [0, 0.1) is 41.4 Å². The molecule has 4 aliphatic carbocycles. The maximum Gasteiger partial charge on any atom is 0.307 e. The number of nitrogens with one attached hydrogen (secondary N) is 1. The summed E-state index contributed by atoms with van der Waals surface area (Å²) in [6.45, 7) is 2.13. The molecule has 0 heterocycles.